The van der Waals surface area contributed by atoms with E-state index in [1.54, 1.807) is 25.0 Å². The number of nitrogens with one attached hydrogen (secondary N) is 1. The zero-order valence-electron chi connectivity index (χ0n) is 18.0. The molecule has 7 nitrogen and oxygen atoms in total. The summed E-state index contributed by atoms with van der Waals surface area (Å²) in [7, 11) is 3.17. The van der Waals surface area contributed by atoms with Crippen molar-refractivity contribution in [1.82, 2.24) is 15.1 Å². The van der Waals surface area contributed by atoms with Crippen LogP contribution in [0.5, 0.6) is 11.5 Å². The highest BCUT2D eigenvalue weighted by atomic mass is 16.5. The number of methoxy groups -OCH3 is 2. The minimum absolute atomic E-state index is 0.294. The average molecular weight is 428 g/mol. The molecule has 1 aliphatic carbocycles. The van der Waals surface area contributed by atoms with Gasteiger partial charge in [0.25, 0.3) is 0 Å². The fourth-order valence-electron chi connectivity index (χ4n) is 3.67. The van der Waals surface area contributed by atoms with Gasteiger partial charge < -0.3 is 14.8 Å². The summed E-state index contributed by atoms with van der Waals surface area (Å²) in [5.41, 5.74) is 2.44. The Bertz CT molecular complexity index is 1190. The third-order valence-corrected chi connectivity index (χ3v) is 5.62. The van der Waals surface area contributed by atoms with Gasteiger partial charge >= 0.3 is 0 Å². The van der Waals surface area contributed by atoms with Crippen LogP contribution in [-0.4, -0.2) is 35.4 Å². The van der Waals surface area contributed by atoms with Gasteiger partial charge in [-0.3, -0.25) is 4.79 Å². The SMILES string of the molecule is COc1ccc(-c2nn(-c3ccccc3)cc2/C=C/C(=O)NC2(C#N)CCC2)cc1OC. The van der Waals surface area contributed by atoms with Crippen LogP contribution in [0.2, 0.25) is 0 Å². The van der Waals surface area contributed by atoms with Crippen LogP contribution in [0.3, 0.4) is 0 Å². The predicted molar refractivity (Wildman–Crippen MR) is 121 cm³/mol. The van der Waals surface area contributed by atoms with Crippen LogP contribution < -0.4 is 14.8 Å². The Morgan fingerprint density at radius 2 is 1.91 bits per heavy atom. The maximum atomic E-state index is 12.5. The molecule has 1 aliphatic rings. The number of hydrogen-bond donors (Lipinski definition) is 1. The Balaban J connectivity index is 1.70. The molecule has 0 bridgehead atoms. The molecule has 1 fully saturated rings. The number of aromatic nitrogens is 2. The Labute approximate surface area is 186 Å². The topological polar surface area (TPSA) is 89.2 Å². The second kappa shape index (κ2) is 8.98. The molecule has 1 heterocycles. The summed E-state index contributed by atoms with van der Waals surface area (Å²) >= 11 is 0. The lowest BCUT2D eigenvalue weighted by Gasteiger charge is -2.35. The molecule has 0 saturated heterocycles. The molecule has 0 spiro atoms. The van der Waals surface area contributed by atoms with E-state index in [0.717, 1.165) is 23.2 Å². The van der Waals surface area contributed by atoms with Crippen molar-refractivity contribution in [3.8, 4) is 34.5 Å². The largest absolute Gasteiger partial charge is 0.493 e. The highest BCUT2D eigenvalue weighted by Crippen LogP contribution is 2.34. The molecule has 162 valence electrons. The first-order valence-corrected chi connectivity index (χ1v) is 10.4. The number of ether oxygens (including phenoxy) is 2. The van der Waals surface area contributed by atoms with Crippen LogP contribution in [0, 0.1) is 11.3 Å². The molecule has 1 N–H and O–H groups in total. The predicted octanol–water partition coefficient (Wildman–Crippen LogP) is 4.13. The van der Waals surface area contributed by atoms with Crippen LogP contribution in [0.25, 0.3) is 23.0 Å². The first-order valence-electron chi connectivity index (χ1n) is 10.4. The first kappa shape index (κ1) is 21.2. The van der Waals surface area contributed by atoms with Gasteiger partial charge in [0, 0.05) is 23.4 Å². The smallest absolute Gasteiger partial charge is 0.245 e. The molecule has 7 heteroatoms. The molecule has 1 amide bonds. The van der Waals surface area contributed by atoms with E-state index >= 15 is 0 Å². The molecule has 2 aromatic carbocycles. The van der Waals surface area contributed by atoms with E-state index in [1.165, 1.54) is 6.08 Å². The van der Waals surface area contributed by atoms with Gasteiger partial charge in [-0.25, -0.2) is 4.68 Å². The molecule has 4 rings (SSSR count). The van der Waals surface area contributed by atoms with E-state index in [9.17, 15) is 10.1 Å². The zero-order chi connectivity index (χ0) is 22.6. The quantitative estimate of drug-likeness (QED) is 0.572. The molecular weight excluding hydrogens is 404 g/mol. The van der Waals surface area contributed by atoms with Gasteiger partial charge in [-0.05, 0) is 55.7 Å². The lowest BCUT2D eigenvalue weighted by molar-refractivity contribution is -0.118. The lowest BCUT2D eigenvalue weighted by Crippen LogP contribution is -2.51. The number of rotatable bonds is 7. The normalized spacial score (nSPS) is 14.4. The van der Waals surface area contributed by atoms with Gasteiger partial charge in [0.05, 0.1) is 26.0 Å². The summed E-state index contributed by atoms with van der Waals surface area (Å²) < 4.78 is 12.6. The Morgan fingerprint density at radius 1 is 1.16 bits per heavy atom. The number of nitrogens with zero attached hydrogens (tertiary/aromatic N) is 3. The van der Waals surface area contributed by atoms with Crippen molar-refractivity contribution in [2.24, 2.45) is 0 Å². The number of carbonyl (C=O) groups excluding carboxylic acids is 1. The van der Waals surface area contributed by atoms with Crippen LogP contribution >= 0.6 is 0 Å². The number of nitriles is 1. The maximum absolute atomic E-state index is 12.5. The number of amides is 1. The van der Waals surface area contributed by atoms with Crippen molar-refractivity contribution in [1.29, 1.82) is 5.26 Å². The summed E-state index contributed by atoms with van der Waals surface area (Å²) in [6, 6.07) is 17.5. The number of hydrogen-bond acceptors (Lipinski definition) is 5. The van der Waals surface area contributed by atoms with Crippen molar-refractivity contribution in [2.45, 2.75) is 24.8 Å². The number of carbonyl (C=O) groups is 1. The van der Waals surface area contributed by atoms with Crippen molar-refractivity contribution in [2.75, 3.05) is 14.2 Å². The van der Waals surface area contributed by atoms with E-state index in [2.05, 4.69) is 11.4 Å². The second-order valence-corrected chi connectivity index (χ2v) is 7.65. The molecular formula is C25H24N4O3. The van der Waals surface area contributed by atoms with Crippen LogP contribution in [0.15, 0.2) is 60.8 Å². The van der Waals surface area contributed by atoms with Crippen molar-refractivity contribution < 1.29 is 14.3 Å². The maximum Gasteiger partial charge on any atom is 0.245 e. The van der Waals surface area contributed by atoms with E-state index in [-0.39, 0.29) is 5.91 Å². The zero-order valence-corrected chi connectivity index (χ0v) is 18.0. The van der Waals surface area contributed by atoms with E-state index in [0.29, 0.717) is 30.0 Å². The minimum atomic E-state index is -0.734. The third kappa shape index (κ3) is 4.21. The number of benzene rings is 2. The first-order chi connectivity index (χ1) is 15.6. The number of para-hydroxylation sites is 1. The van der Waals surface area contributed by atoms with Gasteiger partial charge in [-0.15, -0.1) is 0 Å². The Kier molecular flexibility index (Phi) is 5.95. The van der Waals surface area contributed by atoms with Gasteiger partial charge in [-0.2, -0.15) is 10.4 Å². The van der Waals surface area contributed by atoms with Crippen molar-refractivity contribution >= 4 is 12.0 Å². The molecule has 1 saturated carbocycles. The molecule has 1 aromatic heterocycles. The molecule has 0 atom stereocenters. The van der Waals surface area contributed by atoms with Crippen molar-refractivity contribution in [3.05, 3.63) is 66.4 Å². The lowest BCUT2D eigenvalue weighted by atomic mass is 9.78. The standard InChI is InChI=1S/C25H24N4O3/c1-31-21-11-9-18(15-22(21)32-2)24-19(16-29(28-24)20-7-4-3-5-8-20)10-12-23(30)27-25(17-26)13-6-14-25/h3-5,7-12,15-16H,6,13-14H2,1-2H3,(H,27,30)/b12-10+. The Hall–Kier alpha value is -4.05. The summed E-state index contributed by atoms with van der Waals surface area (Å²) in [4.78, 5) is 12.5. The van der Waals surface area contributed by atoms with Crippen LogP contribution in [-0.2, 0) is 4.79 Å². The van der Waals surface area contributed by atoms with Crippen LogP contribution in [0.4, 0.5) is 0 Å². The third-order valence-electron chi connectivity index (χ3n) is 5.62. The molecule has 32 heavy (non-hydrogen) atoms. The fourth-order valence-corrected chi connectivity index (χ4v) is 3.67. The summed E-state index contributed by atoms with van der Waals surface area (Å²) in [6.07, 6.45) is 7.36. The van der Waals surface area contributed by atoms with Crippen LogP contribution in [0.1, 0.15) is 24.8 Å². The Morgan fingerprint density at radius 3 is 2.53 bits per heavy atom. The van der Waals surface area contributed by atoms with Gasteiger partial charge in [0.15, 0.2) is 11.5 Å². The molecule has 0 aliphatic heterocycles. The second-order valence-electron chi connectivity index (χ2n) is 7.65. The van der Waals surface area contributed by atoms with Gasteiger partial charge in [0.2, 0.25) is 5.91 Å². The highest BCUT2D eigenvalue weighted by Gasteiger charge is 2.38. The van der Waals surface area contributed by atoms with Gasteiger partial charge in [0.1, 0.15) is 11.2 Å². The van der Waals surface area contributed by atoms with Crippen molar-refractivity contribution in [3.63, 3.8) is 0 Å². The molecule has 0 radical (unpaired) electrons. The fraction of sp³-hybridized carbons (Fsp3) is 0.240. The van der Waals surface area contributed by atoms with E-state index in [1.807, 2.05) is 54.7 Å². The molecule has 0 unspecified atom stereocenters. The summed E-state index contributed by atoms with van der Waals surface area (Å²) in [6.45, 7) is 0. The monoisotopic (exact) mass is 428 g/mol. The van der Waals surface area contributed by atoms with E-state index in [4.69, 9.17) is 14.6 Å². The van der Waals surface area contributed by atoms with Gasteiger partial charge in [-0.1, -0.05) is 18.2 Å². The summed E-state index contributed by atoms with van der Waals surface area (Å²) in [5.74, 6) is 0.919. The minimum Gasteiger partial charge on any atom is -0.493 e. The van der Waals surface area contributed by atoms with E-state index < -0.39 is 5.54 Å². The molecule has 3 aromatic rings. The highest BCUT2D eigenvalue weighted by molar-refractivity contribution is 5.93. The average Bonchev–Trinajstić information content (AvgIpc) is 3.24. The summed E-state index contributed by atoms with van der Waals surface area (Å²) in [5, 5.41) is 17.0.